The zero-order valence-electron chi connectivity index (χ0n) is 14.9. The molecule has 0 atom stereocenters. The molecule has 3 aromatic rings. The topological polar surface area (TPSA) is 80.0 Å². The molecule has 0 aliphatic rings. The van der Waals surface area contributed by atoms with Crippen molar-refractivity contribution in [2.75, 3.05) is 11.1 Å². The van der Waals surface area contributed by atoms with Gasteiger partial charge in [-0.3, -0.25) is 9.36 Å². The van der Waals surface area contributed by atoms with Crippen molar-refractivity contribution < 1.29 is 9.90 Å². The minimum Gasteiger partial charge on any atom is -0.507 e. The van der Waals surface area contributed by atoms with E-state index >= 15 is 0 Å². The molecule has 150 valence electrons. The summed E-state index contributed by atoms with van der Waals surface area (Å²) in [7, 11) is 0. The number of nitrogens with one attached hydrogen (secondary N) is 1. The molecular formula is C19H15BrCl2N4O2S. The average molecular weight is 514 g/mol. The van der Waals surface area contributed by atoms with Crippen LogP contribution in [0.5, 0.6) is 5.75 Å². The van der Waals surface area contributed by atoms with Gasteiger partial charge in [-0.1, -0.05) is 63.0 Å². The average Bonchev–Trinajstić information content (AvgIpc) is 3.08. The number of carbonyl (C=O) groups is 1. The molecule has 0 aliphatic heterocycles. The number of phenolic OH excluding ortho intramolecular Hbond substituents is 1. The second kappa shape index (κ2) is 9.67. The first-order valence-electron chi connectivity index (χ1n) is 8.30. The van der Waals surface area contributed by atoms with Crippen LogP contribution in [-0.2, 0) is 11.3 Å². The number of allylic oxidation sites excluding steroid dienone is 1. The normalized spacial score (nSPS) is 10.7. The Morgan fingerprint density at radius 2 is 2.10 bits per heavy atom. The van der Waals surface area contributed by atoms with Crippen LogP contribution < -0.4 is 5.32 Å². The van der Waals surface area contributed by atoms with Gasteiger partial charge in [0, 0.05) is 11.0 Å². The summed E-state index contributed by atoms with van der Waals surface area (Å²) in [5.74, 6) is 0.377. The highest BCUT2D eigenvalue weighted by atomic mass is 79.9. The number of halogens is 3. The molecule has 2 aromatic carbocycles. The summed E-state index contributed by atoms with van der Waals surface area (Å²) in [6.07, 6.45) is 1.69. The van der Waals surface area contributed by atoms with Crippen LogP contribution in [-0.4, -0.2) is 31.5 Å². The van der Waals surface area contributed by atoms with E-state index in [1.54, 1.807) is 47.0 Å². The number of aromatic nitrogens is 3. The number of rotatable bonds is 7. The van der Waals surface area contributed by atoms with Gasteiger partial charge in [0.2, 0.25) is 5.91 Å². The van der Waals surface area contributed by atoms with Crippen molar-refractivity contribution in [3.8, 4) is 17.1 Å². The van der Waals surface area contributed by atoms with Gasteiger partial charge in [0.1, 0.15) is 5.75 Å². The van der Waals surface area contributed by atoms with E-state index in [1.807, 2.05) is 0 Å². The fourth-order valence-electron chi connectivity index (χ4n) is 2.49. The molecule has 1 heterocycles. The highest BCUT2D eigenvalue weighted by Gasteiger charge is 2.18. The molecule has 10 heteroatoms. The number of aromatic hydroxyl groups is 1. The molecule has 1 aromatic heterocycles. The zero-order chi connectivity index (χ0) is 21.0. The van der Waals surface area contributed by atoms with Gasteiger partial charge in [-0.05, 0) is 30.3 Å². The van der Waals surface area contributed by atoms with Gasteiger partial charge >= 0.3 is 0 Å². The molecule has 0 saturated carbocycles. The molecule has 0 aliphatic carbocycles. The summed E-state index contributed by atoms with van der Waals surface area (Å²) in [6.45, 7) is 4.17. The van der Waals surface area contributed by atoms with Crippen LogP contribution in [0, 0.1) is 0 Å². The first kappa shape index (κ1) is 21.7. The SMILES string of the molecule is C=CCn1c(SCC(=O)Nc2cccc(Cl)c2Cl)nnc1-c1cc(Br)ccc1O. The highest BCUT2D eigenvalue weighted by Crippen LogP contribution is 2.33. The summed E-state index contributed by atoms with van der Waals surface area (Å²) in [5, 5.41) is 22.5. The van der Waals surface area contributed by atoms with Crippen molar-refractivity contribution in [2.45, 2.75) is 11.7 Å². The van der Waals surface area contributed by atoms with E-state index < -0.39 is 0 Å². The Hall–Kier alpha value is -2.00. The fourth-order valence-corrected chi connectivity index (χ4v) is 3.95. The maximum Gasteiger partial charge on any atom is 0.234 e. The molecule has 0 unspecified atom stereocenters. The van der Waals surface area contributed by atoms with Crippen molar-refractivity contribution >= 4 is 62.5 Å². The first-order valence-corrected chi connectivity index (χ1v) is 10.8. The third-order valence-electron chi connectivity index (χ3n) is 3.79. The lowest BCUT2D eigenvalue weighted by molar-refractivity contribution is -0.113. The maximum atomic E-state index is 12.3. The number of phenols is 1. The van der Waals surface area contributed by atoms with E-state index in [4.69, 9.17) is 23.2 Å². The maximum absolute atomic E-state index is 12.3. The lowest BCUT2D eigenvalue weighted by Crippen LogP contribution is -2.15. The molecule has 0 fully saturated rings. The predicted molar refractivity (Wildman–Crippen MR) is 121 cm³/mol. The van der Waals surface area contributed by atoms with Crippen molar-refractivity contribution in [3.63, 3.8) is 0 Å². The third-order valence-corrected chi connectivity index (χ3v) is 6.06. The molecule has 2 N–H and O–H groups in total. The lowest BCUT2D eigenvalue weighted by Gasteiger charge is -2.10. The van der Waals surface area contributed by atoms with Crippen molar-refractivity contribution in [1.29, 1.82) is 0 Å². The monoisotopic (exact) mass is 512 g/mol. The van der Waals surface area contributed by atoms with Gasteiger partial charge in [-0.2, -0.15) is 0 Å². The van der Waals surface area contributed by atoms with E-state index in [1.165, 1.54) is 11.8 Å². The molecule has 29 heavy (non-hydrogen) atoms. The Bertz CT molecular complexity index is 1070. The van der Waals surface area contributed by atoms with Gasteiger partial charge in [0.25, 0.3) is 0 Å². The van der Waals surface area contributed by atoms with E-state index in [0.717, 1.165) is 4.47 Å². The Balaban J connectivity index is 1.78. The van der Waals surface area contributed by atoms with E-state index in [-0.39, 0.29) is 22.4 Å². The number of carbonyl (C=O) groups excluding carboxylic acids is 1. The lowest BCUT2D eigenvalue weighted by atomic mass is 10.2. The number of benzene rings is 2. The molecule has 0 radical (unpaired) electrons. The van der Waals surface area contributed by atoms with Crippen LogP contribution in [0.4, 0.5) is 5.69 Å². The molecule has 1 amide bonds. The zero-order valence-corrected chi connectivity index (χ0v) is 18.8. The van der Waals surface area contributed by atoms with Gasteiger partial charge in [0.05, 0.1) is 27.0 Å². The van der Waals surface area contributed by atoms with E-state index in [9.17, 15) is 9.90 Å². The summed E-state index contributed by atoms with van der Waals surface area (Å²) in [4.78, 5) is 12.3. The Morgan fingerprint density at radius 1 is 1.31 bits per heavy atom. The van der Waals surface area contributed by atoms with Crippen molar-refractivity contribution in [1.82, 2.24) is 14.8 Å². The van der Waals surface area contributed by atoms with Crippen molar-refractivity contribution in [2.24, 2.45) is 0 Å². The minimum atomic E-state index is -0.265. The second-order valence-corrected chi connectivity index (χ2v) is 8.45. The number of hydrogen-bond donors (Lipinski definition) is 2. The number of thioether (sulfide) groups is 1. The van der Waals surface area contributed by atoms with E-state index in [2.05, 4.69) is 38.0 Å². The van der Waals surface area contributed by atoms with Crippen LogP contribution in [0.1, 0.15) is 0 Å². The largest absolute Gasteiger partial charge is 0.507 e. The molecule has 3 rings (SSSR count). The number of nitrogens with zero attached hydrogens (tertiary/aromatic N) is 3. The first-order chi connectivity index (χ1) is 13.9. The quantitative estimate of drug-likeness (QED) is 0.316. The van der Waals surface area contributed by atoms with Gasteiger partial charge in [-0.15, -0.1) is 16.8 Å². The van der Waals surface area contributed by atoms with Crippen LogP contribution in [0.3, 0.4) is 0 Å². The minimum absolute atomic E-state index is 0.0794. The van der Waals surface area contributed by atoms with Gasteiger partial charge in [0.15, 0.2) is 11.0 Å². The summed E-state index contributed by atoms with van der Waals surface area (Å²) in [6, 6.07) is 10.1. The molecule has 0 saturated heterocycles. The summed E-state index contributed by atoms with van der Waals surface area (Å²) < 4.78 is 2.57. The number of hydrogen-bond acceptors (Lipinski definition) is 5. The molecule has 0 spiro atoms. The van der Waals surface area contributed by atoms with E-state index in [0.29, 0.717) is 33.8 Å². The van der Waals surface area contributed by atoms with Crippen LogP contribution in [0.25, 0.3) is 11.4 Å². The fraction of sp³-hybridized carbons (Fsp3) is 0.105. The summed E-state index contributed by atoms with van der Waals surface area (Å²) >= 11 is 16.7. The van der Waals surface area contributed by atoms with Crippen LogP contribution in [0.15, 0.2) is 58.7 Å². The smallest absolute Gasteiger partial charge is 0.234 e. The van der Waals surface area contributed by atoms with Crippen LogP contribution in [0.2, 0.25) is 10.0 Å². The summed E-state index contributed by atoms with van der Waals surface area (Å²) in [5.41, 5.74) is 0.966. The second-order valence-electron chi connectivity index (χ2n) is 5.81. The van der Waals surface area contributed by atoms with Gasteiger partial charge in [-0.25, -0.2) is 0 Å². The van der Waals surface area contributed by atoms with Crippen LogP contribution >= 0.6 is 50.9 Å². The Morgan fingerprint density at radius 3 is 2.86 bits per heavy atom. The molecule has 0 bridgehead atoms. The Labute approximate surface area is 190 Å². The van der Waals surface area contributed by atoms with Crippen molar-refractivity contribution in [3.05, 3.63) is 63.6 Å². The number of anilines is 1. The highest BCUT2D eigenvalue weighted by molar-refractivity contribution is 9.10. The predicted octanol–water partition coefficient (Wildman–Crippen LogP) is 5.64. The van der Waals surface area contributed by atoms with Gasteiger partial charge < -0.3 is 10.4 Å². The molecular weight excluding hydrogens is 499 g/mol. The molecule has 6 nitrogen and oxygen atoms in total. The number of amides is 1. The third kappa shape index (κ3) is 5.14. The standard InChI is InChI=1S/C19H15BrCl2N4O2S/c1-2-8-26-18(12-9-11(20)6-7-15(12)27)24-25-19(26)29-10-16(28)23-14-5-3-4-13(21)17(14)22/h2-7,9,27H,1,8,10H2,(H,23,28). The Kier molecular flexibility index (Phi) is 7.23.